The monoisotopic (exact) mass is 639 g/mol. The van der Waals surface area contributed by atoms with Crippen LogP contribution >= 0.6 is 23.2 Å². The lowest BCUT2D eigenvalue weighted by atomic mass is 10.1. The molecule has 0 aliphatic heterocycles. The van der Waals surface area contributed by atoms with Gasteiger partial charge in [0.2, 0.25) is 5.91 Å². The smallest absolute Gasteiger partial charge is 0.264 e. The largest absolute Gasteiger partial charge is 0.325 e. The molecule has 0 saturated carbocycles. The Bertz CT molecular complexity index is 1980. The normalized spacial score (nSPS) is 11.7. The Morgan fingerprint density at radius 3 is 2.12 bits per heavy atom. The molecule has 0 aromatic heterocycles. The van der Waals surface area contributed by atoms with Crippen molar-refractivity contribution in [3.8, 4) is 0 Å². The Balaban J connectivity index is 1.36. The highest BCUT2D eigenvalue weighted by atomic mass is 35.5. The molecule has 8 nitrogen and oxygen atoms in total. The van der Waals surface area contributed by atoms with Crippen molar-refractivity contribution in [3.05, 3.63) is 125 Å². The van der Waals surface area contributed by atoms with E-state index in [2.05, 4.69) is 10.0 Å². The van der Waals surface area contributed by atoms with Crippen LogP contribution in [0.4, 0.5) is 17.1 Å². The van der Waals surface area contributed by atoms with Crippen LogP contribution in [0.1, 0.15) is 0 Å². The molecule has 12 heteroatoms. The number of amides is 1. The van der Waals surface area contributed by atoms with E-state index in [1.54, 1.807) is 30.3 Å². The van der Waals surface area contributed by atoms with Gasteiger partial charge in [0.1, 0.15) is 6.54 Å². The van der Waals surface area contributed by atoms with Crippen molar-refractivity contribution in [2.24, 2.45) is 0 Å². The van der Waals surface area contributed by atoms with Crippen LogP contribution in [0.15, 0.2) is 125 Å². The van der Waals surface area contributed by atoms with Gasteiger partial charge in [0.05, 0.1) is 26.2 Å². The zero-order valence-corrected chi connectivity index (χ0v) is 24.9. The summed E-state index contributed by atoms with van der Waals surface area (Å²) in [5.74, 6) is -0.685. The molecular formula is C30H23Cl2N3O5S2. The molecule has 2 N–H and O–H groups in total. The van der Waals surface area contributed by atoms with E-state index in [-0.39, 0.29) is 31.2 Å². The highest BCUT2D eigenvalue weighted by molar-refractivity contribution is 7.93. The molecule has 0 spiro atoms. The average Bonchev–Trinajstić information content (AvgIpc) is 2.98. The molecule has 5 aromatic carbocycles. The first kappa shape index (κ1) is 29.4. The standard InChI is InChI=1S/C30H23Cl2N3O5S2/c31-22-13-18-27(32)29(19-22)35(42(39,40)25-9-2-1-3-10-25)20-30(36)33-23-14-16-24(17-15-23)41(37,38)34-28-12-6-8-21-7-4-5-11-26(21)28/h1-19,34H,20H2,(H,33,36). The molecule has 0 aliphatic rings. The quantitative estimate of drug-likeness (QED) is 0.185. The third kappa shape index (κ3) is 6.37. The number of fused-ring (bicyclic) bond motifs is 1. The summed E-state index contributed by atoms with van der Waals surface area (Å²) in [6.45, 7) is -0.625. The first-order valence-electron chi connectivity index (χ1n) is 12.5. The van der Waals surface area contributed by atoms with Crippen molar-refractivity contribution in [1.82, 2.24) is 0 Å². The Morgan fingerprint density at radius 1 is 0.714 bits per heavy atom. The van der Waals surface area contributed by atoms with Gasteiger partial charge in [-0.2, -0.15) is 0 Å². The Labute approximate surface area is 253 Å². The van der Waals surface area contributed by atoms with Gasteiger partial charge in [-0.25, -0.2) is 16.8 Å². The van der Waals surface area contributed by atoms with E-state index >= 15 is 0 Å². The van der Waals surface area contributed by atoms with E-state index in [1.807, 2.05) is 30.3 Å². The summed E-state index contributed by atoms with van der Waals surface area (Å²) < 4.78 is 56.8. The van der Waals surface area contributed by atoms with E-state index in [4.69, 9.17) is 23.2 Å². The van der Waals surface area contributed by atoms with Gasteiger partial charge in [-0.05, 0) is 66.0 Å². The minimum absolute atomic E-state index is 0.0209. The fourth-order valence-electron chi connectivity index (χ4n) is 4.26. The number of hydrogen-bond acceptors (Lipinski definition) is 5. The van der Waals surface area contributed by atoms with Crippen LogP contribution in [0.5, 0.6) is 0 Å². The number of carbonyl (C=O) groups is 1. The van der Waals surface area contributed by atoms with Crippen molar-refractivity contribution >= 4 is 77.0 Å². The number of nitrogens with zero attached hydrogens (tertiary/aromatic N) is 1. The lowest BCUT2D eigenvalue weighted by Gasteiger charge is -2.25. The molecule has 0 heterocycles. The zero-order chi connectivity index (χ0) is 29.9. The predicted octanol–water partition coefficient (Wildman–Crippen LogP) is 6.78. The summed E-state index contributed by atoms with van der Waals surface area (Å²) in [4.78, 5) is 13.0. The van der Waals surface area contributed by atoms with Crippen LogP contribution in [0.3, 0.4) is 0 Å². The number of carbonyl (C=O) groups excluding carboxylic acids is 1. The molecule has 42 heavy (non-hydrogen) atoms. The molecule has 0 saturated heterocycles. The second kappa shape index (κ2) is 12.0. The van der Waals surface area contributed by atoms with E-state index in [1.165, 1.54) is 54.6 Å². The first-order chi connectivity index (χ1) is 20.0. The highest BCUT2D eigenvalue weighted by Gasteiger charge is 2.29. The first-order valence-corrected chi connectivity index (χ1v) is 16.2. The number of anilines is 3. The van der Waals surface area contributed by atoms with Crippen LogP contribution in [-0.4, -0.2) is 29.3 Å². The van der Waals surface area contributed by atoms with Crippen molar-refractivity contribution in [2.45, 2.75) is 9.79 Å². The summed E-state index contributed by atoms with van der Waals surface area (Å²) in [6.07, 6.45) is 0. The number of sulfonamides is 2. The van der Waals surface area contributed by atoms with Gasteiger partial charge >= 0.3 is 0 Å². The maximum atomic E-state index is 13.5. The van der Waals surface area contributed by atoms with E-state index in [9.17, 15) is 21.6 Å². The molecule has 0 atom stereocenters. The lowest BCUT2D eigenvalue weighted by Crippen LogP contribution is -2.38. The Kier molecular flexibility index (Phi) is 8.42. The van der Waals surface area contributed by atoms with E-state index < -0.39 is 32.5 Å². The molecule has 0 bridgehead atoms. The van der Waals surface area contributed by atoms with Crippen molar-refractivity contribution in [1.29, 1.82) is 0 Å². The average molecular weight is 641 g/mol. The van der Waals surface area contributed by atoms with Crippen LogP contribution in [0.25, 0.3) is 10.8 Å². The summed E-state index contributed by atoms with van der Waals surface area (Å²) in [7, 11) is -8.15. The van der Waals surface area contributed by atoms with Crippen LogP contribution < -0.4 is 14.3 Å². The SMILES string of the molecule is O=C(CN(c1cc(Cl)ccc1Cl)S(=O)(=O)c1ccccc1)Nc1ccc(S(=O)(=O)Nc2cccc3ccccc23)cc1. The highest BCUT2D eigenvalue weighted by Crippen LogP contribution is 2.33. The van der Waals surface area contributed by atoms with Crippen molar-refractivity contribution in [3.63, 3.8) is 0 Å². The van der Waals surface area contributed by atoms with E-state index in [0.717, 1.165) is 15.1 Å². The van der Waals surface area contributed by atoms with Crippen molar-refractivity contribution in [2.75, 3.05) is 20.9 Å². The topological polar surface area (TPSA) is 113 Å². The predicted molar refractivity (Wildman–Crippen MR) is 167 cm³/mol. The van der Waals surface area contributed by atoms with Gasteiger partial charge in [0.15, 0.2) is 0 Å². The van der Waals surface area contributed by atoms with Gasteiger partial charge in [-0.1, -0.05) is 77.8 Å². The van der Waals surface area contributed by atoms with Crippen LogP contribution in [0.2, 0.25) is 10.0 Å². The van der Waals surface area contributed by atoms with Gasteiger partial charge < -0.3 is 5.32 Å². The second-order valence-electron chi connectivity index (χ2n) is 9.13. The lowest BCUT2D eigenvalue weighted by molar-refractivity contribution is -0.114. The summed E-state index contributed by atoms with van der Waals surface area (Å²) in [5.41, 5.74) is 0.729. The minimum Gasteiger partial charge on any atom is -0.325 e. The van der Waals surface area contributed by atoms with Crippen molar-refractivity contribution < 1.29 is 21.6 Å². The molecule has 5 rings (SSSR count). The number of benzene rings is 5. The maximum absolute atomic E-state index is 13.5. The molecule has 0 radical (unpaired) electrons. The van der Waals surface area contributed by atoms with Gasteiger partial charge in [-0.3, -0.25) is 13.8 Å². The Morgan fingerprint density at radius 2 is 1.38 bits per heavy atom. The maximum Gasteiger partial charge on any atom is 0.264 e. The number of hydrogen-bond donors (Lipinski definition) is 2. The fourth-order valence-corrected chi connectivity index (χ4v) is 7.23. The van der Waals surface area contributed by atoms with Gasteiger partial charge in [0.25, 0.3) is 20.0 Å². The molecule has 0 aliphatic carbocycles. The number of halogens is 2. The molecular weight excluding hydrogens is 617 g/mol. The zero-order valence-electron chi connectivity index (χ0n) is 21.7. The molecule has 1 amide bonds. The molecule has 0 fully saturated rings. The fraction of sp³-hybridized carbons (Fsp3) is 0.0333. The number of nitrogens with one attached hydrogen (secondary N) is 2. The summed E-state index contributed by atoms with van der Waals surface area (Å²) >= 11 is 12.4. The summed E-state index contributed by atoms with van der Waals surface area (Å²) in [5, 5.41) is 4.57. The third-order valence-corrected chi connectivity index (χ3v) is 9.99. The second-order valence-corrected chi connectivity index (χ2v) is 13.5. The third-order valence-electron chi connectivity index (χ3n) is 6.28. The van der Waals surface area contributed by atoms with Crippen LogP contribution in [0, 0.1) is 0 Å². The molecule has 214 valence electrons. The van der Waals surface area contributed by atoms with Crippen LogP contribution in [-0.2, 0) is 24.8 Å². The van der Waals surface area contributed by atoms with Gasteiger partial charge in [0, 0.05) is 16.1 Å². The van der Waals surface area contributed by atoms with Gasteiger partial charge in [-0.15, -0.1) is 0 Å². The minimum atomic E-state index is -4.21. The summed E-state index contributed by atoms with van der Waals surface area (Å²) in [6, 6.07) is 30.2. The Hall–Kier alpha value is -4.09. The molecule has 5 aromatic rings. The molecule has 0 unspecified atom stereocenters. The van der Waals surface area contributed by atoms with E-state index in [0.29, 0.717) is 5.69 Å². The number of rotatable bonds is 9.